The number of aromatic carboxylic acids is 1. The summed E-state index contributed by atoms with van der Waals surface area (Å²) in [5.74, 6) is -1.62. The Balaban J connectivity index is 0.000000810. The van der Waals surface area contributed by atoms with Crippen LogP contribution in [0.15, 0.2) is 4.52 Å². The molecule has 0 saturated carbocycles. The Labute approximate surface area is 99.2 Å². The van der Waals surface area contributed by atoms with Gasteiger partial charge < -0.3 is 14.4 Å². The van der Waals surface area contributed by atoms with Crippen LogP contribution in [0.4, 0.5) is 0 Å². The SMILES string of the molecule is Cc1nc(C(=O)[O-])no1.[K+]. The van der Waals surface area contributed by atoms with E-state index in [4.69, 9.17) is 0 Å². The quantitative estimate of drug-likeness (QED) is 0.395. The first kappa shape index (κ1) is 10.2. The van der Waals surface area contributed by atoms with Crippen molar-refractivity contribution >= 4 is 5.97 Å². The third-order valence-corrected chi connectivity index (χ3v) is 0.710. The maximum absolute atomic E-state index is 9.92. The Bertz CT molecular complexity index is 234. The van der Waals surface area contributed by atoms with Gasteiger partial charge in [-0.2, -0.15) is 4.98 Å². The fraction of sp³-hybridized carbons (Fsp3) is 0.250. The summed E-state index contributed by atoms with van der Waals surface area (Å²) in [7, 11) is 0. The van der Waals surface area contributed by atoms with Crippen molar-refractivity contribution in [1.82, 2.24) is 10.1 Å². The molecular formula is C4H3KN2O3. The zero-order chi connectivity index (χ0) is 6.85. The van der Waals surface area contributed by atoms with Crippen molar-refractivity contribution in [3.8, 4) is 0 Å². The van der Waals surface area contributed by atoms with Crippen LogP contribution in [0.5, 0.6) is 0 Å². The first-order valence-electron chi connectivity index (χ1n) is 2.22. The van der Waals surface area contributed by atoms with Gasteiger partial charge in [0.1, 0.15) is 5.97 Å². The van der Waals surface area contributed by atoms with Crippen LogP contribution in [0.1, 0.15) is 16.5 Å². The van der Waals surface area contributed by atoms with Crippen LogP contribution in [0.3, 0.4) is 0 Å². The summed E-state index contributed by atoms with van der Waals surface area (Å²) in [5.41, 5.74) is 0. The Morgan fingerprint density at radius 1 is 1.70 bits per heavy atom. The number of carbonyl (C=O) groups is 1. The fourth-order valence-corrected chi connectivity index (χ4v) is 0.382. The van der Waals surface area contributed by atoms with Crippen molar-refractivity contribution in [2.24, 2.45) is 0 Å². The molecule has 0 unspecified atom stereocenters. The van der Waals surface area contributed by atoms with E-state index in [-0.39, 0.29) is 57.3 Å². The second-order valence-corrected chi connectivity index (χ2v) is 1.42. The Kier molecular flexibility index (Phi) is 4.30. The number of carboxylic acid groups (broad SMARTS) is 1. The summed E-state index contributed by atoms with van der Waals surface area (Å²) >= 11 is 0. The van der Waals surface area contributed by atoms with E-state index in [0.29, 0.717) is 0 Å². The molecule has 0 saturated heterocycles. The molecule has 0 aliphatic rings. The minimum Gasteiger partial charge on any atom is -0.541 e. The smallest absolute Gasteiger partial charge is 0.541 e. The Morgan fingerprint density at radius 3 is 2.50 bits per heavy atom. The number of hydrogen-bond donors (Lipinski definition) is 0. The monoisotopic (exact) mass is 166 g/mol. The summed E-state index contributed by atoms with van der Waals surface area (Å²) < 4.78 is 4.34. The Hall–Kier alpha value is 0.246. The minimum absolute atomic E-state index is 0. The van der Waals surface area contributed by atoms with Gasteiger partial charge in [-0.3, -0.25) is 0 Å². The van der Waals surface area contributed by atoms with E-state index in [1.807, 2.05) is 0 Å². The molecule has 1 heterocycles. The van der Waals surface area contributed by atoms with Crippen LogP contribution >= 0.6 is 0 Å². The topological polar surface area (TPSA) is 79.0 Å². The standard InChI is InChI=1S/C4H4N2O3.K/c1-2-5-3(4(7)8)6-9-2;/h1H3,(H,7,8);/q;+1/p-1. The van der Waals surface area contributed by atoms with E-state index in [0.717, 1.165) is 0 Å². The van der Waals surface area contributed by atoms with Gasteiger partial charge >= 0.3 is 51.4 Å². The molecule has 10 heavy (non-hydrogen) atoms. The molecule has 0 aliphatic heterocycles. The molecule has 6 heteroatoms. The molecule has 0 aliphatic carbocycles. The molecule has 0 spiro atoms. The third kappa shape index (κ3) is 2.47. The number of hydrogen-bond acceptors (Lipinski definition) is 5. The van der Waals surface area contributed by atoms with Gasteiger partial charge in [0.25, 0.3) is 0 Å². The summed E-state index contributed by atoms with van der Waals surface area (Å²) in [5, 5.41) is 13.0. The molecule has 1 aromatic rings. The molecule has 0 aromatic carbocycles. The van der Waals surface area contributed by atoms with Gasteiger partial charge in [-0.25, -0.2) is 0 Å². The zero-order valence-electron chi connectivity index (χ0n) is 5.62. The molecule has 0 fully saturated rings. The van der Waals surface area contributed by atoms with Crippen LogP contribution in [0.25, 0.3) is 0 Å². The van der Waals surface area contributed by atoms with Gasteiger partial charge in [0.05, 0.1) is 0 Å². The third-order valence-electron chi connectivity index (χ3n) is 0.710. The molecule has 0 N–H and O–H groups in total. The van der Waals surface area contributed by atoms with Gasteiger partial charge in [-0.15, -0.1) is 0 Å². The number of nitrogens with zero attached hydrogens (tertiary/aromatic N) is 2. The number of aromatic nitrogens is 2. The average Bonchev–Trinajstić information content (AvgIpc) is 2.14. The van der Waals surface area contributed by atoms with Gasteiger partial charge in [-0.1, -0.05) is 5.16 Å². The van der Waals surface area contributed by atoms with Crippen molar-refractivity contribution in [2.75, 3.05) is 0 Å². The molecule has 0 atom stereocenters. The molecule has 1 rings (SSSR count). The van der Waals surface area contributed by atoms with Crippen LogP contribution in [0, 0.1) is 6.92 Å². The largest absolute Gasteiger partial charge is 1.00 e. The fourth-order valence-electron chi connectivity index (χ4n) is 0.382. The number of carbonyl (C=O) groups excluding carboxylic acids is 1. The zero-order valence-corrected chi connectivity index (χ0v) is 8.74. The molecule has 0 radical (unpaired) electrons. The summed E-state index contributed by atoms with van der Waals surface area (Å²) in [6.07, 6.45) is 0. The molecule has 0 amide bonds. The van der Waals surface area contributed by atoms with E-state index in [2.05, 4.69) is 14.7 Å². The van der Waals surface area contributed by atoms with Crippen molar-refractivity contribution in [2.45, 2.75) is 6.92 Å². The second kappa shape index (κ2) is 4.19. The predicted octanol–water partition coefficient (Wildman–Crippen LogP) is -4.25. The number of rotatable bonds is 1. The molecule has 5 nitrogen and oxygen atoms in total. The summed E-state index contributed by atoms with van der Waals surface area (Å²) in [4.78, 5) is 13.3. The summed E-state index contributed by atoms with van der Waals surface area (Å²) in [6, 6.07) is 0. The van der Waals surface area contributed by atoms with E-state index in [9.17, 15) is 9.90 Å². The van der Waals surface area contributed by atoms with Gasteiger partial charge in [0, 0.05) is 6.92 Å². The second-order valence-electron chi connectivity index (χ2n) is 1.42. The van der Waals surface area contributed by atoms with Crippen molar-refractivity contribution in [1.29, 1.82) is 0 Å². The minimum atomic E-state index is -1.42. The predicted molar refractivity (Wildman–Crippen MR) is 23.4 cm³/mol. The van der Waals surface area contributed by atoms with Gasteiger partial charge in [-0.05, 0) is 0 Å². The molecular weight excluding hydrogens is 163 g/mol. The average molecular weight is 166 g/mol. The maximum atomic E-state index is 9.92. The van der Waals surface area contributed by atoms with Crippen LogP contribution in [0.2, 0.25) is 0 Å². The molecule has 0 bridgehead atoms. The number of aryl methyl sites for hydroxylation is 1. The van der Waals surface area contributed by atoms with Crippen LogP contribution in [-0.4, -0.2) is 16.1 Å². The van der Waals surface area contributed by atoms with E-state index in [1.165, 1.54) is 6.92 Å². The maximum Gasteiger partial charge on any atom is 1.00 e. The van der Waals surface area contributed by atoms with E-state index >= 15 is 0 Å². The van der Waals surface area contributed by atoms with Crippen molar-refractivity contribution in [3.05, 3.63) is 11.7 Å². The van der Waals surface area contributed by atoms with Crippen molar-refractivity contribution < 1.29 is 65.8 Å². The molecule has 1 aromatic heterocycles. The van der Waals surface area contributed by atoms with Crippen LogP contribution in [-0.2, 0) is 0 Å². The van der Waals surface area contributed by atoms with E-state index in [1.54, 1.807) is 0 Å². The normalized spacial score (nSPS) is 8.50. The van der Waals surface area contributed by atoms with Crippen molar-refractivity contribution in [3.63, 3.8) is 0 Å². The van der Waals surface area contributed by atoms with Crippen LogP contribution < -0.4 is 56.5 Å². The van der Waals surface area contributed by atoms with Gasteiger partial charge in [0.2, 0.25) is 11.7 Å². The molecule has 48 valence electrons. The van der Waals surface area contributed by atoms with E-state index < -0.39 is 11.8 Å². The first-order valence-corrected chi connectivity index (χ1v) is 2.22. The Morgan fingerprint density at radius 2 is 2.30 bits per heavy atom. The first-order chi connectivity index (χ1) is 4.20. The number of carboxylic acids is 1. The van der Waals surface area contributed by atoms with Gasteiger partial charge in [0.15, 0.2) is 0 Å². The summed E-state index contributed by atoms with van der Waals surface area (Å²) in [6.45, 7) is 1.50.